The summed E-state index contributed by atoms with van der Waals surface area (Å²) in [5.74, 6) is 1.28. The molecule has 1 N–H and O–H groups in total. The van der Waals surface area contributed by atoms with Crippen molar-refractivity contribution in [2.45, 2.75) is 13.3 Å². The van der Waals surface area contributed by atoms with E-state index in [0.29, 0.717) is 18.8 Å². The van der Waals surface area contributed by atoms with Crippen LogP contribution in [0, 0.1) is 6.92 Å². The summed E-state index contributed by atoms with van der Waals surface area (Å²) in [7, 11) is 0. The van der Waals surface area contributed by atoms with E-state index in [2.05, 4.69) is 15.3 Å². The fourth-order valence-electron chi connectivity index (χ4n) is 2.48. The van der Waals surface area contributed by atoms with E-state index in [1.807, 2.05) is 61.5 Å². The Morgan fingerprint density at radius 3 is 2.42 bits per heavy atom. The van der Waals surface area contributed by atoms with Crippen LogP contribution in [-0.4, -0.2) is 29.0 Å². The zero-order valence-corrected chi connectivity index (χ0v) is 14.7. The summed E-state index contributed by atoms with van der Waals surface area (Å²) < 4.78 is 5.53. The second-order valence-corrected chi connectivity index (χ2v) is 5.94. The fraction of sp³-hybridized carbons (Fsp3) is 0.190. The maximum Gasteiger partial charge on any atom is 0.257 e. The molecular weight excluding hydrogens is 326 g/mol. The Bertz CT molecular complexity index is 849. The normalized spacial score (nSPS) is 10.3. The summed E-state index contributed by atoms with van der Waals surface area (Å²) in [4.78, 5) is 20.7. The molecule has 0 fully saturated rings. The van der Waals surface area contributed by atoms with Crippen molar-refractivity contribution in [1.82, 2.24) is 15.3 Å². The molecule has 1 aromatic heterocycles. The lowest BCUT2D eigenvalue weighted by Gasteiger charge is -2.09. The molecule has 0 atom stereocenters. The number of amides is 1. The number of para-hydroxylation sites is 1. The van der Waals surface area contributed by atoms with E-state index in [0.717, 1.165) is 22.4 Å². The summed E-state index contributed by atoms with van der Waals surface area (Å²) in [6, 6.07) is 17.5. The molecule has 3 aromatic rings. The van der Waals surface area contributed by atoms with Crippen molar-refractivity contribution in [3.05, 3.63) is 78.1 Å². The van der Waals surface area contributed by atoms with Crippen LogP contribution in [0.3, 0.4) is 0 Å². The second-order valence-electron chi connectivity index (χ2n) is 5.94. The summed E-state index contributed by atoms with van der Waals surface area (Å²) in [6.07, 6.45) is 4.27. The Balaban J connectivity index is 1.43. The van der Waals surface area contributed by atoms with Gasteiger partial charge in [-0.15, -0.1) is 0 Å². The van der Waals surface area contributed by atoms with Crippen LogP contribution in [0.1, 0.15) is 11.1 Å². The third kappa shape index (κ3) is 4.89. The van der Waals surface area contributed by atoms with Gasteiger partial charge in [-0.05, 0) is 30.5 Å². The largest absolute Gasteiger partial charge is 0.484 e. The number of hydrogen-bond donors (Lipinski definition) is 1. The van der Waals surface area contributed by atoms with E-state index in [9.17, 15) is 4.79 Å². The number of nitrogens with one attached hydrogen (secondary N) is 1. The molecule has 5 nitrogen and oxygen atoms in total. The number of carbonyl (C=O) groups excluding carboxylic acids is 1. The van der Waals surface area contributed by atoms with Gasteiger partial charge in [0.05, 0.1) is 0 Å². The van der Waals surface area contributed by atoms with Crippen LogP contribution in [-0.2, 0) is 11.2 Å². The fourth-order valence-corrected chi connectivity index (χ4v) is 2.48. The molecule has 0 unspecified atom stereocenters. The molecule has 5 heteroatoms. The van der Waals surface area contributed by atoms with Crippen LogP contribution in [0.2, 0.25) is 0 Å². The molecule has 26 heavy (non-hydrogen) atoms. The predicted octanol–water partition coefficient (Wildman–Crippen LogP) is 3.19. The van der Waals surface area contributed by atoms with Crippen molar-refractivity contribution < 1.29 is 9.53 Å². The van der Waals surface area contributed by atoms with Gasteiger partial charge < -0.3 is 10.1 Å². The highest BCUT2D eigenvalue weighted by atomic mass is 16.5. The first-order valence-corrected chi connectivity index (χ1v) is 8.54. The third-order valence-corrected chi connectivity index (χ3v) is 3.93. The first-order valence-electron chi connectivity index (χ1n) is 8.54. The van der Waals surface area contributed by atoms with Crippen LogP contribution in [0.5, 0.6) is 5.75 Å². The topological polar surface area (TPSA) is 64.1 Å². The number of nitrogens with zero attached hydrogens (tertiary/aromatic N) is 2. The Kier molecular flexibility index (Phi) is 5.93. The first kappa shape index (κ1) is 17.6. The minimum Gasteiger partial charge on any atom is -0.484 e. The van der Waals surface area contributed by atoms with Crippen molar-refractivity contribution in [3.8, 4) is 17.1 Å². The van der Waals surface area contributed by atoms with Crippen molar-refractivity contribution in [1.29, 1.82) is 0 Å². The Hall–Kier alpha value is -3.21. The molecule has 0 saturated heterocycles. The zero-order valence-electron chi connectivity index (χ0n) is 14.7. The molecule has 0 radical (unpaired) electrons. The van der Waals surface area contributed by atoms with Crippen molar-refractivity contribution in [3.63, 3.8) is 0 Å². The van der Waals surface area contributed by atoms with Gasteiger partial charge in [0.1, 0.15) is 5.75 Å². The maximum atomic E-state index is 11.9. The molecule has 1 amide bonds. The number of benzene rings is 2. The lowest BCUT2D eigenvalue weighted by molar-refractivity contribution is -0.123. The molecule has 132 valence electrons. The van der Waals surface area contributed by atoms with Gasteiger partial charge in [0.15, 0.2) is 12.4 Å². The number of ether oxygens (including phenoxy) is 1. The lowest BCUT2D eigenvalue weighted by atomic mass is 10.2. The standard InChI is InChI=1S/C21H21N3O2/c1-16-7-5-6-10-19(16)26-15-20(25)22-12-11-17-13-23-21(24-14-17)18-8-3-2-4-9-18/h2-10,13-14H,11-12,15H2,1H3,(H,22,25). The Labute approximate surface area is 153 Å². The van der Waals surface area contributed by atoms with Gasteiger partial charge >= 0.3 is 0 Å². The van der Waals surface area contributed by atoms with E-state index in [4.69, 9.17) is 4.74 Å². The maximum absolute atomic E-state index is 11.9. The molecule has 1 heterocycles. The highest BCUT2D eigenvalue weighted by molar-refractivity contribution is 5.77. The predicted molar refractivity (Wildman–Crippen MR) is 101 cm³/mol. The third-order valence-electron chi connectivity index (χ3n) is 3.93. The average Bonchev–Trinajstić information content (AvgIpc) is 2.69. The van der Waals surface area contributed by atoms with Crippen molar-refractivity contribution >= 4 is 5.91 Å². The molecule has 0 aliphatic rings. The highest BCUT2D eigenvalue weighted by Gasteiger charge is 2.05. The average molecular weight is 347 g/mol. The van der Waals surface area contributed by atoms with Crippen LogP contribution in [0.15, 0.2) is 67.0 Å². The molecule has 3 rings (SSSR count). The SMILES string of the molecule is Cc1ccccc1OCC(=O)NCCc1cnc(-c2ccccc2)nc1. The summed E-state index contributed by atoms with van der Waals surface area (Å²) in [6.45, 7) is 2.48. The molecule has 0 saturated carbocycles. The van der Waals surface area contributed by atoms with E-state index >= 15 is 0 Å². The van der Waals surface area contributed by atoms with Gasteiger partial charge in [-0.2, -0.15) is 0 Å². The van der Waals surface area contributed by atoms with E-state index < -0.39 is 0 Å². The van der Waals surface area contributed by atoms with Gasteiger partial charge in [-0.3, -0.25) is 4.79 Å². The Morgan fingerprint density at radius 2 is 1.69 bits per heavy atom. The van der Waals surface area contributed by atoms with Crippen molar-refractivity contribution in [2.75, 3.05) is 13.2 Å². The zero-order chi connectivity index (χ0) is 18.2. The minimum atomic E-state index is -0.143. The minimum absolute atomic E-state index is 0.00823. The molecule has 0 bridgehead atoms. The summed E-state index contributed by atoms with van der Waals surface area (Å²) in [5, 5.41) is 2.85. The second kappa shape index (κ2) is 8.76. The van der Waals surface area contributed by atoms with Crippen LogP contribution in [0.4, 0.5) is 0 Å². The van der Waals surface area contributed by atoms with Gasteiger partial charge in [-0.25, -0.2) is 9.97 Å². The molecule has 0 aliphatic carbocycles. The number of aryl methyl sites for hydroxylation is 1. The summed E-state index contributed by atoms with van der Waals surface area (Å²) in [5.41, 5.74) is 2.97. The molecule has 0 aliphatic heterocycles. The van der Waals surface area contributed by atoms with Crippen LogP contribution in [0.25, 0.3) is 11.4 Å². The molecular formula is C21H21N3O2. The Morgan fingerprint density at radius 1 is 1.00 bits per heavy atom. The van der Waals surface area contributed by atoms with Gasteiger partial charge in [-0.1, -0.05) is 48.5 Å². The quantitative estimate of drug-likeness (QED) is 0.713. The number of aromatic nitrogens is 2. The number of rotatable bonds is 7. The summed E-state index contributed by atoms with van der Waals surface area (Å²) >= 11 is 0. The highest BCUT2D eigenvalue weighted by Crippen LogP contribution is 2.16. The lowest BCUT2D eigenvalue weighted by Crippen LogP contribution is -2.30. The van der Waals surface area contributed by atoms with E-state index in [-0.39, 0.29) is 12.5 Å². The van der Waals surface area contributed by atoms with Crippen LogP contribution < -0.4 is 10.1 Å². The molecule has 0 spiro atoms. The molecule has 2 aromatic carbocycles. The van der Waals surface area contributed by atoms with E-state index in [1.54, 1.807) is 12.4 Å². The number of hydrogen-bond acceptors (Lipinski definition) is 4. The van der Waals surface area contributed by atoms with Gasteiger partial charge in [0, 0.05) is 24.5 Å². The van der Waals surface area contributed by atoms with E-state index in [1.165, 1.54) is 0 Å². The van der Waals surface area contributed by atoms with Crippen molar-refractivity contribution in [2.24, 2.45) is 0 Å². The number of carbonyl (C=O) groups is 1. The van der Waals surface area contributed by atoms with Gasteiger partial charge in [0.2, 0.25) is 0 Å². The van der Waals surface area contributed by atoms with Gasteiger partial charge in [0.25, 0.3) is 5.91 Å². The monoisotopic (exact) mass is 347 g/mol. The smallest absolute Gasteiger partial charge is 0.257 e. The first-order chi connectivity index (χ1) is 12.7. The van der Waals surface area contributed by atoms with Crippen LogP contribution >= 0.6 is 0 Å².